The van der Waals surface area contributed by atoms with Crippen molar-refractivity contribution in [1.82, 2.24) is 20.5 Å². The number of aromatic nitrogens is 2. The molecule has 3 aromatic rings. The van der Waals surface area contributed by atoms with E-state index in [4.69, 9.17) is 11.6 Å². The number of benzene rings is 1. The van der Waals surface area contributed by atoms with Crippen LogP contribution < -0.4 is 40.2 Å². The molecule has 2 saturated heterocycles. The number of amides is 3. The first-order chi connectivity index (χ1) is 23.3. The van der Waals surface area contributed by atoms with Gasteiger partial charge in [0.1, 0.15) is 20.8 Å². The number of aryl methyl sites for hydroxylation is 1. The predicted molar refractivity (Wildman–Crippen MR) is 198 cm³/mol. The zero-order chi connectivity index (χ0) is 33.6. The van der Waals surface area contributed by atoms with E-state index in [0.29, 0.717) is 23.2 Å². The lowest BCUT2D eigenvalue weighted by Crippen LogP contribution is -2.38. The van der Waals surface area contributed by atoms with Crippen LogP contribution in [0.1, 0.15) is 64.0 Å². The maximum Gasteiger partial charge on any atom is 0.315 e. The van der Waals surface area contributed by atoms with E-state index in [0.717, 1.165) is 94.3 Å². The molecular weight excluding hydrogens is 684 g/mol. The van der Waals surface area contributed by atoms with Gasteiger partial charge in [-0.3, -0.25) is 14.2 Å². The Morgan fingerprint density at radius 3 is 2.81 bits per heavy atom. The van der Waals surface area contributed by atoms with E-state index in [1.165, 1.54) is 0 Å². The van der Waals surface area contributed by atoms with Crippen LogP contribution in [0.4, 0.5) is 10.5 Å². The molecule has 3 atom stereocenters. The van der Waals surface area contributed by atoms with Crippen LogP contribution in [-0.4, -0.2) is 53.2 Å². The van der Waals surface area contributed by atoms with Gasteiger partial charge < -0.3 is 20.9 Å². The van der Waals surface area contributed by atoms with Gasteiger partial charge in [0.25, 0.3) is 5.56 Å². The van der Waals surface area contributed by atoms with Gasteiger partial charge >= 0.3 is 6.03 Å². The van der Waals surface area contributed by atoms with Crippen LogP contribution in [-0.2, 0) is 17.9 Å². The Hall–Kier alpha value is -2.93. The zero-order valence-corrected chi connectivity index (χ0v) is 30.7. The number of urea groups is 1. The highest BCUT2D eigenvalue weighted by Gasteiger charge is 2.42. The number of nitrogens with one attached hydrogen (secondary N) is 3. The van der Waals surface area contributed by atoms with Gasteiger partial charge in [-0.05, 0) is 56.9 Å². The zero-order valence-electron chi connectivity index (χ0n) is 27.5. The standard InChI is InChI=1S/C35H43ClN6O3S3/c1-3-42-30(48-32(33(42)44)34-40(2)26-16-15-23(36)20-28(26)47-34)21-24-12-8-11-19-41(24)18-10-5-4-9-17-37-29(43)14-7-6-13-27-31-25(22-46-27)38-35(45)39-31/h8,11-12,15-16,19-21,25,27,31H,3-7,9-10,13-14,17-18,22H2,1-2H3,(H2-,37,38,39,43,45)/p+1/b34-32+/t25-,27-,31-/m0/s1. The highest BCUT2D eigenvalue weighted by Crippen LogP contribution is 2.46. The summed E-state index contributed by atoms with van der Waals surface area (Å²) in [4.78, 5) is 40.6. The first-order valence-electron chi connectivity index (χ1n) is 16.9. The Morgan fingerprint density at radius 2 is 1.96 bits per heavy atom. The average Bonchev–Trinajstić information content (AvgIpc) is 3.80. The summed E-state index contributed by atoms with van der Waals surface area (Å²) in [5, 5.41) is 11.2. The van der Waals surface area contributed by atoms with E-state index in [1.54, 1.807) is 23.1 Å². The van der Waals surface area contributed by atoms with Crippen molar-refractivity contribution in [2.75, 3.05) is 24.2 Å². The maximum absolute atomic E-state index is 13.6. The quantitative estimate of drug-likeness (QED) is 0.129. The van der Waals surface area contributed by atoms with Crippen molar-refractivity contribution in [3.63, 3.8) is 0 Å². The van der Waals surface area contributed by atoms with Crippen LogP contribution >= 0.6 is 46.5 Å². The molecule has 0 spiro atoms. The fourth-order valence-corrected chi connectivity index (χ4v) is 10.9. The number of unbranched alkanes of at least 4 members (excludes halogenated alkanes) is 4. The summed E-state index contributed by atoms with van der Waals surface area (Å²) in [7, 11) is 2.00. The van der Waals surface area contributed by atoms with E-state index in [2.05, 4.69) is 49.8 Å². The van der Waals surface area contributed by atoms with Crippen LogP contribution in [0.15, 0.2) is 52.3 Å². The van der Waals surface area contributed by atoms with Crippen molar-refractivity contribution in [2.45, 2.75) is 93.6 Å². The lowest BCUT2D eigenvalue weighted by atomic mass is 10.0. The number of thiazole rings is 1. The van der Waals surface area contributed by atoms with Crippen molar-refractivity contribution in [3.8, 4) is 0 Å². The van der Waals surface area contributed by atoms with Crippen LogP contribution in [0.3, 0.4) is 0 Å². The number of thioether (sulfide) groups is 2. The van der Waals surface area contributed by atoms with Gasteiger partial charge in [0.05, 0.1) is 17.8 Å². The largest absolute Gasteiger partial charge is 0.356 e. The molecule has 9 nitrogen and oxygen atoms in total. The highest BCUT2D eigenvalue weighted by atomic mass is 35.5. The molecule has 13 heteroatoms. The van der Waals surface area contributed by atoms with Gasteiger partial charge in [-0.2, -0.15) is 16.3 Å². The van der Waals surface area contributed by atoms with Crippen molar-refractivity contribution in [2.24, 2.45) is 0 Å². The topological polar surface area (TPSA) is 99.3 Å². The number of rotatable bonds is 14. The van der Waals surface area contributed by atoms with Gasteiger partial charge in [-0.25, -0.2) is 4.79 Å². The smallest absolute Gasteiger partial charge is 0.315 e. The second kappa shape index (κ2) is 16.2. The lowest BCUT2D eigenvalue weighted by Gasteiger charge is -2.16. The third kappa shape index (κ3) is 8.09. The average molecular weight is 728 g/mol. The summed E-state index contributed by atoms with van der Waals surface area (Å²) in [6.07, 6.45) is 11.9. The molecule has 0 saturated carbocycles. The number of anilines is 1. The number of hydrogen-bond acceptors (Lipinski definition) is 7. The Morgan fingerprint density at radius 1 is 1.10 bits per heavy atom. The third-order valence-corrected chi connectivity index (χ3v) is 13.4. The summed E-state index contributed by atoms with van der Waals surface area (Å²) in [5.41, 5.74) is 2.17. The first-order valence-corrected chi connectivity index (χ1v) is 20.0. The Balaban J connectivity index is 0.955. The minimum atomic E-state index is -0.0465. The van der Waals surface area contributed by atoms with Crippen LogP contribution in [0, 0.1) is 0 Å². The first kappa shape index (κ1) is 34.9. The van der Waals surface area contributed by atoms with Gasteiger partial charge in [-0.1, -0.05) is 36.2 Å². The number of carbonyl (C=O) groups is 2. The number of hydrogen-bond donors (Lipinski definition) is 3. The molecule has 5 heterocycles. The number of carbonyl (C=O) groups excluding carboxylic acids is 2. The van der Waals surface area contributed by atoms with E-state index in [-0.39, 0.29) is 29.6 Å². The molecule has 3 aliphatic heterocycles. The molecular formula is C35H44ClN6O3S3+. The molecule has 3 amide bonds. The van der Waals surface area contributed by atoms with E-state index < -0.39 is 0 Å². The van der Waals surface area contributed by atoms with Crippen molar-refractivity contribution in [3.05, 3.63) is 72.9 Å². The number of halogens is 1. The van der Waals surface area contributed by atoms with Gasteiger partial charge in [0.2, 0.25) is 11.6 Å². The van der Waals surface area contributed by atoms with Gasteiger partial charge in [-0.15, -0.1) is 11.3 Å². The normalized spacial score (nSPS) is 21.3. The molecule has 0 unspecified atom stereocenters. The van der Waals surface area contributed by atoms with E-state index >= 15 is 0 Å². The van der Waals surface area contributed by atoms with Crippen LogP contribution in [0.5, 0.6) is 0 Å². The molecule has 0 aliphatic carbocycles. The summed E-state index contributed by atoms with van der Waals surface area (Å²) in [6, 6.07) is 12.5. The fourth-order valence-electron chi connectivity index (χ4n) is 6.60. The molecule has 48 heavy (non-hydrogen) atoms. The Labute approximate surface area is 299 Å². The predicted octanol–water partition coefficient (Wildman–Crippen LogP) is 4.41. The number of pyridine rings is 1. The third-order valence-electron chi connectivity index (χ3n) is 9.19. The molecule has 2 aromatic heterocycles. The van der Waals surface area contributed by atoms with Crippen LogP contribution in [0.25, 0.3) is 11.1 Å². The summed E-state index contributed by atoms with van der Waals surface area (Å²) in [6.45, 7) is 4.23. The van der Waals surface area contributed by atoms with E-state index in [1.807, 2.05) is 54.6 Å². The molecule has 256 valence electrons. The molecule has 3 aliphatic rings. The second-order valence-electron chi connectivity index (χ2n) is 12.5. The van der Waals surface area contributed by atoms with Gasteiger partial charge in [0.15, 0.2) is 6.20 Å². The SMILES string of the molecule is CCn1c(=O)/c(=C2\Sc3cc(Cl)ccc3N2C)s/c1=C\c1cccc[n+]1CCCCCCNC(=O)CCCC[C@@H]1SC[C@@H]2NC(=O)N[C@@H]21. The number of fused-ring (bicyclic) bond motifs is 2. The monoisotopic (exact) mass is 727 g/mol. The molecule has 0 bridgehead atoms. The molecule has 2 fully saturated rings. The fraction of sp³-hybridized carbons (Fsp3) is 0.486. The molecule has 3 N–H and O–H groups in total. The van der Waals surface area contributed by atoms with Crippen LogP contribution in [0.2, 0.25) is 5.02 Å². The van der Waals surface area contributed by atoms with Crippen molar-refractivity contribution in [1.29, 1.82) is 0 Å². The Bertz CT molecular complexity index is 1830. The summed E-state index contributed by atoms with van der Waals surface area (Å²) in [5.74, 6) is 1.11. The minimum Gasteiger partial charge on any atom is -0.356 e. The maximum atomic E-state index is 13.6. The summed E-state index contributed by atoms with van der Waals surface area (Å²) < 4.78 is 5.81. The second-order valence-corrected chi connectivity index (χ2v) is 16.3. The van der Waals surface area contributed by atoms with Gasteiger partial charge in [0, 0.05) is 72.1 Å². The van der Waals surface area contributed by atoms with Crippen molar-refractivity contribution < 1.29 is 14.2 Å². The number of nitrogens with zero attached hydrogens (tertiary/aromatic N) is 3. The Kier molecular flexibility index (Phi) is 11.8. The summed E-state index contributed by atoms with van der Waals surface area (Å²) >= 11 is 11.3. The highest BCUT2D eigenvalue weighted by molar-refractivity contribution is 8.08. The molecule has 1 aromatic carbocycles. The van der Waals surface area contributed by atoms with E-state index in [9.17, 15) is 14.4 Å². The van der Waals surface area contributed by atoms with Crippen molar-refractivity contribution >= 4 is 75.2 Å². The molecule has 6 rings (SSSR count). The minimum absolute atomic E-state index is 0.0378. The lowest BCUT2D eigenvalue weighted by molar-refractivity contribution is -0.699. The molecule has 0 radical (unpaired) electrons.